The maximum atomic E-state index is 12.7. The molecule has 142 valence electrons. The molecule has 28 heavy (non-hydrogen) atoms. The molecule has 0 saturated heterocycles. The van der Waals surface area contributed by atoms with E-state index in [1.807, 2.05) is 84.9 Å². The van der Waals surface area contributed by atoms with Crippen molar-refractivity contribution < 1.29 is 14.3 Å². The second-order valence-corrected chi connectivity index (χ2v) is 6.14. The Morgan fingerprint density at radius 3 is 1.86 bits per heavy atom. The van der Waals surface area contributed by atoms with E-state index in [4.69, 9.17) is 14.5 Å². The molecular weight excluding hydrogens is 350 g/mol. The maximum Gasteiger partial charge on any atom is 0.335 e. The highest BCUT2D eigenvalue weighted by Crippen LogP contribution is 2.25. The number of methoxy groups -OCH3 is 1. The van der Waals surface area contributed by atoms with Gasteiger partial charge in [-0.25, -0.2) is 4.79 Å². The monoisotopic (exact) mass is 373 g/mol. The number of aliphatic imine (C=N–C) groups is 1. The molecule has 3 aromatic rings. The van der Waals surface area contributed by atoms with E-state index in [0.717, 1.165) is 28.2 Å². The van der Waals surface area contributed by atoms with Crippen molar-refractivity contribution in [2.75, 3.05) is 13.7 Å². The average Bonchev–Trinajstić information content (AvgIpc) is 2.76. The highest BCUT2D eigenvalue weighted by atomic mass is 16.5. The first-order valence-corrected chi connectivity index (χ1v) is 9.22. The summed E-state index contributed by atoms with van der Waals surface area (Å²) in [5.41, 5.74) is 3.38. The Labute approximate surface area is 165 Å². The predicted octanol–water partition coefficient (Wildman–Crippen LogP) is 4.84. The van der Waals surface area contributed by atoms with Crippen LogP contribution in [0.1, 0.15) is 29.7 Å². The highest BCUT2D eigenvalue weighted by Gasteiger charge is 2.23. The molecule has 4 heteroatoms. The van der Waals surface area contributed by atoms with Crippen molar-refractivity contribution in [3.63, 3.8) is 0 Å². The zero-order valence-electron chi connectivity index (χ0n) is 16.0. The first-order valence-electron chi connectivity index (χ1n) is 9.22. The summed E-state index contributed by atoms with van der Waals surface area (Å²) in [7, 11) is 1.61. The molecule has 0 spiro atoms. The third kappa shape index (κ3) is 4.65. The Bertz CT molecular complexity index is 878. The Balaban J connectivity index is 2.11. The Morgan fingerprint density at radius 1 is 0.857 bits per heavy atom. The minimum Gasteiger partial charge on any atom is -0.497 e. The van der Waals surface area contributed by atoms with Crippen LogP contribution in [-0.2, 0) is 9.53 Å². The lowest BCUT2D eigenvalue weighted by Crippen LogP contribution is -2.17. The molecule has 0 aliphatic heterocycles. The Morgan fingerprint density at radius 2 is 1.39 bits per heavy atom. The van der Waals surface area contributed by atoms with Crippen LogP contribution in [0.4, 0.5) is 0 Å². The largest absolute Gasteiger partial charge is 0.497 e. The van der Waals surface area contributed by atoms with Crippen LogP contribution < -0.4 is 4.74 Å². The number of hydrogen-bond acceptors (Lipinski definition) is 4. The van der Waals surface area contributed by atoms with Gasteiger partial charge in [-0.15, -0.1) is 0 Å². The molecule has 0 saturated carbocycles. The van der Waals surface area contributed by atoms with Crippen molar-refractivity contribution in [1.29, 1.82) is 0 Å². The molecule has 4 nitrogen and oxygen atoms in total. The number of benzene rings is 3. The van der Waals surface area contributed by atoms with Crippen LogP contribution in [0.2, 0.25) is 0 Å². The molecule has 1 unspecified atom stereocenters. The molecule has 3 rings (SSSR count). The van der Waals surface area contributed by atoms with Crippen LogP contribution in [0.25, 0.3) is 0 Å². The fourth-order valence-corrected chi connectivity index (χ4v) is 2.91. The fraction of sp³-hybridized carbons (Fsp3) is 0.167. The van der Waals surface area contributed by atoms with Gasteiger partial charge in [0.1, 0.15) is 5.75 Å². The molecule has 0 amide bonds. The van der Waals surface area contributed by atoms with Crippen molar-refractivity contribution >= 4 is 11.7 Å². The van der Waals surface area contributed by atoms with Crippen LogP contribution in [-0.4, -0.2) is 25.4 Å². The second kappa shape index (κ2) is 9.51. The van der Waals surface area contributed by atoms with Crippen molar-refractivity contribution in [1.82, 2.24) is 0 Å². The van der Waals surface area contributed by atoms with Gasteiger partial charge < -0.3 is 9.47 Å². The van der Waals surface area contributed by atoms with Gasteiger partial charge in [0.25, 0.3) is 0 Å². The summed E-state index contributed by atoms with van der Waals surface area (Å²) in [5, 5.41) is 0. The smallest absolute Gasteiger partial charge is 0.335 e. The Kier molecular flexibility index (Phi) is 6.58. The first kappa shape index (κ1) is 19.4. The molecular formula is C24H23NO3. The number of carbonyl (C=O) groups excluding carboxylic acids is 1. The zero-order valence-corrected chi connectivity index (χ0v) is 16.0. The Hall–Kier alpha value is -3.40. The zero-order chi connectivity index (χ0) is 19.8. The highest BCUT2D eigenvalue weighted by molar-refractivity contribution is 6.13. The molecule has 1 atom stereocenters. The van der Waals surface area contributed by atoms with E-state index in [1.165, 1.54) is 0 Å². The second-order valence-electron chi connectivity index (χ2n) is 6.14. The van der Waals surface area contributed by atoms with Gasteiger partial charge in [0, 0.05) is 11.1 Å². The number of esters is 1. The van der Waals surface area contributed by atoms with Gasteiger partial charge in [0.2, 0.25) is 0 Å². The average molecular weight is 373 g/mol. The predicted molar refractivity (Wildman–Crippen MR) is 111 cm³/mol. The number of rotatable bonds is 7. The topological polar surface area (TPSA) is 47.9 Å². The van der Waals surface area contributed by atoms with Crippen LogP contribution in [0.5, 0.6) is 5.75 Å². The van der Waals surface area contributed by atoms with E-state index in [-0.39, 0.29) is 5.97 Å². The number of carbonyl (C=O) groups is 1. The molecule has 0 heterocycles. The quantitative estimate of drug-likeness (QED) is 0.440. The van der Waals surface area contributed by atoms with E-state index in [1.54, 1.807) is 14.0 Å². The van der Waals surface area contributed by atoms with Gasteiger partial charge in [-0.3, -0.25) is 4.99 Å². The van der Waals surface area contributed by atoms with Crippen LogP contribution in [0.3, 0.4) is 0 Å². The first-order chi connectivity index (χ1) is 13.7. The van der Waals surface area contributed by atoms with Crippen molar-refractivity contribution in [3.05, 3.63) is 102 Å². The molecule has 0 aromatic heterocycles. The maximum absolute atomic E-state index is 12.7. The SMILES string of the molecule is CCOC(=O)C(N=C(c1ccccc1)c1ccccc1)c1ccc(OC)cc1. The van der Waals surface area contributed by atoms with Crippen molar-refractivity contribution in [2.24, 2.45) is 4.99 Å². The lowest BCUT2D eigenvalue weighted by Gasteiger charge is -2.16. The standard InChI is InChI=1S/C24H23NO3/c1-3-28-24(26)23(20-14-16-21(27-2)17-15-20)25-22(18-10-6-4-7-11-18)19-12-8-5-9-13-19/h4-17,23H,3H2,1-2H3. The summed E-state index contributed by atoms with van der Waals surface area (Å²) in [6.07, 6.45) is 0. The van der Waals surface area contributed by atoms with Gasteiger partial charge in [-0.05, 0) is 24.6 Å². The van der Waals surface area contributed by atoms with Crippen molar-refractivity contribution in [3.8, 4) is 5.75 Å². The van der Waals surface area contributed by atoms with Crippen molar-refractivity contribution in [2.45, 2.75) is 13.0 Å². The van der Waals surface area contributed by atoms with E-state index < -0.39 is 6.04 Å². The van der Waals surface area contributed by atoms with Gasteiger partial charge >= 0.3 is 5.97 Å². The van der Waals surface area contributed by atoms with Crippen LogP contribution >= 0.6 is 0 Å². The van der Waals surface area contributed by atoms with E-state index in [2.05, 4.69) is 0 Å². The van der Waals surface area contributed by atoms with Gasteiger partial charge in [0.05, 0.1) is 19.4 Å². The third-order valence-electron chi connectivity index (χ3n) is 4.29. The van der Waals surface area contributed by atoms with E-state index in [0.29, 0.717) is 6.61 Å². The number of hydrogen-bond donors (Lipinski definition) is 0. The lowest BCUT2D eigenvalue weighted by molar-refractivity contribution is -0.144. The molecule has 0 aliphatic rings. The van der Waals surface area contributed by atoms with Gasteiger partial charge in [-0.2, -0.15) is 0 Å². The third-order valence-corrected chi connectivity index (χ3v) is 4.29. The van der Waals surface area contributed by atoms with E-state index >= 15 is 0 Å². The molecule has 0 radical (unpaired) electrons. The molecule has 0 fully saturated rings. The number of nitrogens with zero attached hydrogens (tertiary/aromatic N) is 1. The molecule has 3 aromatic carbocycles. The molecule has 0 aliphatic carbocycles. The summed E-state index contributed by atoms with van der Waals surface area (Å²) >= 11 is 0. The normalized spacial score (nSPS) is 11.4. The van der Waals surface area contributed by atoms with Gasteiger partial charge in [-0.1, -0.05) is 72.8 Å². The summed E-state index contributed by atoms with van der Waals surface area (Å²) < 4.78 is 10.5. The minimum atomic E-state index is -0.763. The van der Waals surface area contributed by atoms with Crippen LogP contribution in [0, 0.1) is 0 Å². The lowest BCUT2D eigenvalue weighted by atomic mass is 10.0. The summed E-state index contributed by atoms with van der Waals surface area (Å²) in [4.78, 5) is 17.6. The molecule has 0 bridgehead atoms. The van der Waals surface area contributed by atoms with E-state index in [9.17, 15) is 4.79 Å². The minimum absolute atomic E-state index is 0.299. The van der Waals surface area contributed by atoms with Crippen LogP contribution in [0.15, 0.2) is 89.9 Å². The molecule has 0 N–H and O–H groups in total. The van der Waals surface area contributed by atoms with Gasteiger partial charge in [0.15, 0.2) is 6.04 Å². The fourth-order valence-electron chi connectivity index (χ4n) is 2.91. The summed E-state index contributed by atoms with van der Waals surface area (Å²) in [5.74, 6) is 0.346. The number of ether oxygens (including phenoxy) is 2. The summed E-state index contributed by atoms with van der Waals surface area (Å²) in [6.45, 7) is 2.09. The summed E-state index contributed by atoms with van der Waals surface area (Å²) in [6, 6.07) is 26.3.